The fourth-order valence-corrected chi connectivity index (χ4v) is 0.246. The van der Waals surface area contributed by atoms with E-state index < -0.39 is 12.1 Å². The van der Waals surface area contributed by atoms with Gasteiger partial charge in [0.25, 0.3) is 5.97 Å². The van der Waals surface area contributed by atoms with E-state index in [1.807, 2.05) is 6.92 Å². The van der Waals surface area contributed by atoms with Crippen LogP contribution in [0.15, 0.2) is 0 Å². The lowest BCUT2D eigenvalue weighted by Crippen LogP contribution is -2.03. The molecule has 6 nitrogen and oxygen atoms in total. The Morgan fingerprint density at radius 2 is 1.62 bits per heavy atom. The number of carbonyl (C=O) groups is 2. The van der Waals surface area contributed by atoms with Crippen LogP contribution in [0, 0.1) is 0 Å². The molecule has 0 aromatic rings. The minimum Gasteiger partial charge on any atom is -0.481 e. The summed E-state index contributed by atoms with van der Waals surface area (Å²) in [6.07, 6.45) is 0.342. The molecular weight excluding hydrogens is 216 g/mol. The number of carboxylic acids is 1. The summed E-state index contributed by atoms with van der Waals surface area (Å²) in [5.74, 6) is -1.03. The zero-order valence-corrected chi connectivity index (χ0v) is 10.3. The standard InChI is InChI=1S/C5H10O2.C3H8O2.C2H4O2/c1-3-4-7-5(2)6;1-3(5)2-4;1-2(3)4/h3-4H2,1-2H3;3-5H,2H2,1H3;1H3,(H,3,4). The molecule has 0 saturated carbocycles. The van der Waals surface area contributed by atoms with Crippen LogP contribution in [-0.2, 0) is 14.3 Å². The smallest absolute Gasteiger partial charge is 0.302 e. The molecule has 0 aliphatic rings. The summed E-state index contributed by atoms with van der Waals surface area (Å²) < 4.78 is 4.55. The van der Waals surface area contributed by atoms with Crippen molar-refractivity contribution in [1.82, 2.24) is 0 Å². The van der Waals surface area contributed by atoms with E-state index in [2.05, 4.69) is 4.74 Å². The largest absolute Gasteiger partial charge is 0.481 e. The minimum absolute atomic E-state index is 0.139. The van der Waals surface area contributed by atoms with Crippen molar-refractivity contribution < 1.29 is 29.6 Å². The van der Waals surface area contributed by atoms with Crippen molar-refractivity contribution in [3.8, 4) is 0 Å². The third-order valence-electron chi connectivity index (χ3n) is 0.774. The maximum Gasteiger partial charge on any atom is 0.302 e. The molecule has 3 N–H and O–H groups in total. The number of ether oxygens (including phenoxy) is 1. The van der Waals surface area contributed by atoms with Crippen molar-refractivity contribution in [3.63, 3.8) is 0 Å². The Morgan fingerprint density at radius 1 is 1.31 bits per heavy atom. The fourth-order valence-electron chi connectivity index (χ4n) is 0.246. The topological polar surface area (TPSA) is 104 Å². The van der Waals surface area contributed by atoms with Gasteiger partial charge in [0.15, 0.2) is 0 Å². The van der Waals surface area contributed by atoms with Crippen LogP contribution in [0.2, 0.25) is 0 Å². The van der Waals surface area contributed by atoms with E-state index in [4.69, 9.17) is 20.1 Å². The fraction of sp³-hybridized carbons (Fsp3) is 0.800. The Labute approximate surface area is 95.9 Å². The van der Waals surface area contributed by atoms with E-state index in [-0.39, 0.29) is 12.6 Å². The Balaban J connectivity index is -0.000000166. The van der Waals surface area contributed by atoms with Gasteiger partial charge >= 0.3 is 5.97 Å². The van der Waals surface area contributed by atoms with Crippen LogP contribution in [0.4, 0.5) is 0 Å². The third-order valence-corrected chi connectivity index (χ3v) is 0.774. The second-order valence-electron chi connectivity index (χ2n) is 2.89. The molecule has 16 heavy (non-hydrogen) atoms. The number of hydrogen-bond donors (Lipinski definition) is 3. The van der Waals surface area contributed by atoms with Crippen LogP contribution in [-0.4, -0.2) is 46.6 Å². The Hall–Kier alpha value is -1.14. The summed E-state index contributed by atoms with van der Waals surface area (Å²) in [6.45, 7) is 6.40. The van der Waals surface area contributed by atoms with Gasteiger partial charge in [-0.1, -0.05) is 6.92 Å². The molecule has 0 aliphatic heterocycles. The third kappa shape index (κ3) is 76.6. The van der Waals surface area contributed by atoms with Crippen molar-refractivity contribution >= 4 is 11.9 Å². The lowest BCUT2D eigenvalue weighted by Gasteiger charge is -1.93. The highest BCUT2D eigenvalue weighted by molar-refractivity contribution is 5.65. The first kappa shape index (κ1) is 20.3. The van der Waals surface area contributed by atoms with Gasteiger partial charge in [0, 0.05) is 13.8 Å². The highest BCUT2D eigenvalue weighted by Crippen LogP contribution is 1.78. The number of esters is 1. The molecule has 1 unspecified atom stereocenters. The average Bonchev–Trinajstić information content (AvgIpc) is 2.14. The second-order valence-corrected chi connectivity index (χ2v) is 2.89. The maximum atomic E-state index is 9.98. The molecule has 0 rings (SSSR count). The molecule has 0 radical (unpaired) electrons. The molecule has 98 valence electrons. The van der Waals surface area contributed by atoms with Gasteiger partial charge in [-0.25, -0.2) is 0 Å². The molecule has 0 heterocycles. The van der Waals surface area contributed by atoms with Gasteiger partial charge in [-0.2, -0.15) is 0 Å². The van der Waals surface area contributed by atoms with E-state index in [1.54, 1.807) is 0 Å². The lowest BCUT2D eigenvalue weighted by atomic mass is 10.5. The number of aliphatic hydroxyl groups is 2. The van der Waals surface area contributed by atoms with Gasteiger partial charge in [0.1, 0.15) is 0 Å². The normalized spacial score (nSPS) is 9.88. The molecule has 0 spiro atoms. The first-order valence-corrected chi connectivity index (χ1v) is 4.89. The van der Waals surface area contributed by atoms with E-state index in [9.17, 15) is 4.79 Å². The summed E-state index contributed by atoms with van der Waals surface area (Å²) >= 11 is 0. The van der Waals surface area contributed by atoms with Gasteiger partial charge in [0.2, 0.25) is 0 Å². The summed E-state index contributed by atoms with van der Waals surface area (Å²) in [5.41, 5.74) is 0. The monoisotopic (exact) mass is 238 g/mol. The van der Waals surface area contributed by atoms with Crippen LogP contribution < -0.4 is 0 Å². The summed E-state index contributed by atoms with van der Waals surface area (Å²) in [5, 5.41) is 23.4. The van der Waals surface area contributed by atoms with E-state index in [0.29, 0.717) is 6.61 Å². The highest BCUT2D eigenvalue weighted by atomic mass is 16.5. The van der Waals surface area contributed by atoms with E-state index in [1.165, 1.54) is 13.8 Å². The number of rotatable bonds is 3. The van der Waals surface area contributed by atoms with Crippen LogP contribution in [0.25, 0.3) is 0 Å². The first-order chi connectivity index (χ1) is 7.27. The average molecular weight is 238 g/mol. The van der Waals surface area contributed by atoms with Crippen molar-refractivity contribution in [1.29, 1.82) is 0 Å². The zero-order chi connectivity index (χ0) is 13.6. The second kappa shape index (κ2) is 16.3. The quantitative estimate of drug-likeness (QED) is 0.615. The molecule has 0 aliphatic carbocycles. The molecule has 6 heteroatoms. The zero-order valence-electron chi connectivity index (χ0n) is 10.3. The van der Waals surface area contributed by atoms with E-state index >= 15 is 0 Å². The van der Waals surface area contributed by atoms with Crippen molar-refractivity contribution in [3.05, 3.63) is 0 Å². The maximum absolute atomic E-state index is 9.98. The van der Waals surface area contributed by atoms with Crippen LogP contribution in [0.1, 0.15) is 34.1 Å². The summed E-state index contributed by atoms with van der Waals surface area (Å²) in [4.78, 5) is 19.0. The molecule has 0 saturated heterocycles. The van der Waals surface area contributed by atoms with Crippen LogP contribution in [0.5, 0.6) is 0 Å². The molecular formula is C10H22O6. The summed E-state index contributed by atoms with van der Waals surface area (Å²) in [7, 11) is 0. The molecule has 0 aromatic heterocycles. The van der Waals surface area contributed by atoms with Crippen molar-refractivity contribution in [2.24, 2.45) is 0 Å². The molecule has 1 atom stereocenters. The molecule has 0 fully saturated rings. The van der Waals surface area contributed by atoms with Gasteiger partial charge in [-0.05, 0) is 13.3 Å². The Kier molecular flexibility index (Phi) is 20.7. The molecule has 0 bridgehead atoms. The number of carbonyl (C=O) groups excluding carboxylic acids is 1. The van der Waals surface area contributed by atoms with Crippen molar-refractivity contribution in [2.75, 3.05) is 13.2 Å². The van der Waals surface area contributed by atoms with Crippen LogP contribution >= 0.6 is 0 Å². The SMILES string of the molecule is CC(=O)O.CC(O)CO.CCCOC(C)=O. The first-order valence-electron chi connectivity index (χ1n) is 4.89. The van der Waals surface area contributed by atoms with Crippen LogP contribution in [0.3, 0.4) is 0 Å². The van der Waals surface area contributed by atoms with Gasteiger partial charge < -0.3 is 20.1 Å². The molecule has 0 aromatic carbocycles. The Morgan fingerprint density at radius 3 is 1.69 bits per heavy atom. The summed E-state index contributed by atoms with van der Waals surface area (Å²) in [6, 6.07) is 0. The Bertz CT molecular complexity index is 163. The minimum atomic E-state index is -0.833. The number of aliphatic hydroxyl groups excluding tert-OH is 2. The predicted molar refractivity (Wildman–Crippen MR) is 59.0 cm³/mol. The highest BCUT2D eigenvalue weighted by Gasteiger charge is 1.85. The lowest BCUT2D eigenvalue weighted by molar-refractivity contribution is -0.141. The molecule has 0 amide bonds. The van der Waals surface area contributed by atoms with Crippen molar-refractivity contribution in [2.45, 2.75) is 40.2 Å². The number of hydrogen-bond acceptors (Lipinski definition) is 5. The number of carboxylic acid groups (broad SMARTS) is 1. The van der Waals surface area contributed by atoms with Gasteiger partial charge in [-0.15, -0.1) is 0 Å². The van der Waals surface area contributed by atoms with Gasteiger partial charge in [0.05, 0.1) is 19.3 Å². The van der Waals surface area contributed by atoms with Gasteiger partial charge in [-0.3, -0.25) is 9.59 Å². The van der Waals surface area contributed by atoms with E-state index in [0.717, 1.165) is 13.3 Å². The number of aliphatic carboxylic acids is 1. The predicted octanol–water partition coefficient (Wildman–Crippen LogP) is 0.410.